The van der Waals surface area contributed by atoms with Crippen LogP contribution in [-0.2, 0) is 13.6 Å². The Bertz CT molecular complexity index is 2070. The van der Waals surface area contributed by atoms with Gasteiger partial charge in [-0.15, -0.1) is 0 Å². The summed E-state index contributed by atoms with van der Waals surface area (Å²) in [6, 6.07) is 13.4. The highest BCUT2D eigenvalue weighted by Crippen LogP contribution is 2.38. The number of halogens is 1. The fraction of sp³-hybridized carbons (Fsp3) is 0.389. The first-order valence-corrected chi connectivity index (χ1v) is 16.4. The molecule has 2 aromatic carbocycles. The average Bonchev–Trinajstić information content (AvgIpc) is 3.73. The van der Waals surface area contributed by atoms with Crippen LogP contribution in [0.5, 0.6) is 5.75 Å². The first-order valence-electron chi connectivity index (χ1n) is 16.4. The van der Waals surface area contributed by atoms with Crippen molar-refractivity contribution in [1.29, 1.82) is 0 Å². The van der Waals surface area contributed by atoms with Gasteiger partial charge in [-0.1, -0.05) is 0 Å². The fourth-order valence-electron chi connectivity index (χ4n) is 6.67. The predicted molar refractivity (Wildman–Crippen MR) is 182 cm³/mol. The van der Waals surface area contributed by atoms with Crippen LogP contribution in [0.15, 0.2) is 48.5 Å². The first kappa shape index (κ1) is 31.8. The van der Waals surface area contributed by atoms with Gasteiger partial charge in [-0.05, 0) is 93.1 Å². The van der Waals surface area contributed by atoms with Crippen LogP contribution in [0.25, 0.3) is 33.6 Å². The number of rotatable bonds is 8. The summed E-state index contributed by atoms with van der Waals surface area (Å²) in [5, 5.41) is 7.60. The van der Waals surface area contributed by atoms with E-state index >= 15 is 0 Å². The molecule has 250 valence electrons. The van der Waals surface area contributed by atoms with Crippen molar-refractivity contribution in [2.75, 3.05) is 27.2 Å². The molecule has 12 heteroatoms. The summed E-state index contributed by atoms with van der Waals surface area (Å²) < 4.78 is 23.7. The van der Waals surface area contributed by atoms with Gasteiger partial charge in [0.05, 0.1) is 36.6 Å². The smallest absolute Gasteiger partial charge is 0.268 e. The second-order valence-corrected chi connectivity index (χ2v) is 13.2. The normalized spacial score (nSPS) is 17.6. The number of carbonyl (C=O) groups excluding carboxylic acids is 2. The van der Waals surface area contributed by atoms with E-state index in [0.29, 0.717) is 47.0 Å². The molecule has 0 spiro atoms. The van der Waals surface area contributed by atoms with Gasteiger partial charge < -0.3 is 24.9 Å². The van der Waals surface area contributed by atoms with Gasteiger partial charge in [0.2, 0.25) is 0 Å². The lowest BCUT2D eigenvalue weighted by atomic mass is 10.1. The molecule has 2 atom stereocenters. The molecule has 0 bridgehead atoms. The third-order valence-corrected chi connectivity index (χ3v) is 9.64. The van der Waals surface area contributed by atoms with Crippen molar-refractivity contribution < 1.29 is 18.7 Å². The number of pyridine rings is 1. The minimum absolute atomic E-state index is 0.0713. The monoisotopic (exact) mass is 652 g/mol. The molecule has 48 heavy (non-hydrogen) atoms. The van der Waals surface area contributed by atoms with E-state index in [1.165, 1.54) is 18.2 Å². The van der Waals surface area contributed by atoms with E-state index in [0.717, 1.165) is 59.6 Å². The third kappa shape index (κ3) is 5.79. The lowest BCUT2D eigenvalue weighted by molar-refractivity contribution is -0.0168. The van der Waals surface area contributed by atoms with Gasteiger partial charge in [-0.2, -0.15) is 0 Å². The maximum absolute atomic E-state index is 13.7. The molecule has 4 heterocycles. The average molecular weight is 653 g/mol. The Labute approximate surface area is 278 Å². The quantitative estimate of drug-likeness (QED) is 0.243. The van der Waals surface area contributed by atoms with Crippen molar-refractivity contribution in [2.45, 2.75) is 51.7 Å². The largest absolute Gasteiger partial charge is 0.494 e. The number of methoxy groups -OCH3 is 1. The number of fused-ring (bicyclic) bond motifs is 2. The summed E-state index contributed by atoms with van der Waals surface area (Å²) in [5.41, 5.74) is 11.6. The predicted octanol–water partition coefficient (Wildman–Crippen LogP) is 4.97. The van der Waals surface area contributed by atoms with E-state index in [1.54, 1.807) is 25.1 Å². The van der Waals surface area contributed by atoms with Crippen molar-refractivity contribution >= 4 is 33.9 Å². The molecule has 2 aliphatic rings. The number of hydrogen-bond acceptors (Lipinski definition) is 7. The number of amides is 2. The van der Waals surface area contributed by atoms with Crippen molar-refractivity contribution in [2.24, 2.45) is 18.7 Å². The van der Waals surface area contributed by atoms with Crippen LogP contribution in [0, 0.1) is 18.7 Å². The zero-order valence-corrected chi connectivity index (χ0v) is 28.0. The molecule has 3 aromatic heterocycles. The van der Waals surface area contributed by atoms with Crippen molar-refractivity contribution in [3.63, 3.8) is 0 Å². The van der Waals surface area contributed by atoms with Gasteiger partial charge in [0, 0.05) is 49.7 Å². The molecule has 2 fully saturated rings. The number of carbonyl (C=O) groups is 2. The summed E-state index contributed by atoms with van der Waals surface area (Å²) in [7, 11) is 5.46. The van der Waals surface area contributed by atoms with Gasteiger partial charge in [-0.3, -0.25) is 14.6 Å². The number of nitrogens with one attached hydrogen (secondary N) is 1. The second-order valence-electron chi connectivity index (χ2n) is 13.2. The maximum Gasteiger partial charge on any atom is 0.268 e. The maximum atomic E-state index is 13.7. The van der Waals surface area contributed by atoms with E-state index in [2.05, 4.69) is 16.0 Å². The molecule has 3 N–H and O–H groups in total. The molecule has 5 aromatic rings. The van der Waals surface area contributed by atoms with Gasteiger partial charge in [0.1, 0.15) is 22.7 Å². The molecule has 11 nitrogen and oxygen atoms in total. The summed E-state index contributed by atoms with van der Waals surface area (Å²) in [5.74, 6) is 1.04. The molecule has 1 aliphatic heterocycles. The third-order valence-electron chi connectivity index (χ3n) is 9.64. The van der Waals surface area contributed by atoms with E-state index in [4.69, 9.17) is 20.4 Å². The minimum Gasteiger partial charge on any atom is -0.494 e. The van der Waals surface area contributed by atoms with Crippen molar-refractivity contribution in [3.8, 4) is 17.3 Å². The minimum atomic E-state index is -0.386. The van der Waals surface area contributed by atoms with E-state index < -0.39 is 0 Å². The molecule has 0 radical (unpaired) electrons. The SMILES string of the molecule is COc1cc(C(=O)N2C[C@H](N)CCN2C)cc2nc(-c3cc4ccc([C@@H](C)NC(=O)c5ccc(F)cc5C)nc4n3CC3CC3)n(C)c12. The van der Waals surface area contributed by atoms with Gasteiger partial charge >= 0.3 is 0 Å². The summed E-state index contributed by atoms with van der Waals surface area (Å²) in [6.45, 7) is 5.56. The lowest BCUT2D eigenvalue weighted by Gasteiger charge is -2.38. The van der Waals surface area contributed by atoms with Crippen LogP contribution >= 0.6 is 0 Å². The number of benzene rings is 2. The molecule has 1 saturated heterocycles. The number of nitrogens with two attached hydrogens (primary N) is 1. The number of aromatic nitrogens is 4. The summed E-state index contributed by atoms with van der Waals surface area (Å²) in [4.78, 5) is 36.9. The summed E-state index contributed by atoms with van der Waals surface area (Å²) >= 11 is 0. The van der Waals surface area contributed by atoms with Crippen LogP contribution in [0.4, 0.5) is 4.39 Å². The Balaban J connectivity index is 1.26. The summed E-state index contributed by atoms with van der Waals surface area (Å²) in [6.07, 6.45) is 3.14. The second kappa shape index (κ2) is 12.3. The van der Waals surface area contributed by atoms with Gasteiger partial charge in [0.15, 0.2) is 5.82 Å². The van der Waals surface area contributed by atoms with E-state index in [9.17, 15) is 14.0 Å². The first-order chi connectivity index (χ1) is 23.0. The highest BCUT2D eigenvalue weighted by molar-refractivity contribution is 6.00. The van der Waals surface area contributed by atoms with Crippen LogP contribution in [0.1, 0.15) is 64.2 Å². The molecule has 0 unspecified atom stereocenters. The molecular formula is C36H41FN8O3. The van der Waals surface area contributed by atoms with Crippen LogP contribution < -0.4 is 15.8 Å². The highest BCUT2D eigenvalue weighted by atomic mass is 19.1. The standard InChI is InChI=1S/C36H41FN8O3/c1-20-14-25(37)9-10-27(20)35(46)39-21(2)28-11-8-23-16-30(44(33(23)40-28)18-22-6-7-22)34-41-29-15-24(17-31(48-5)32(29)43(34)4)36(47)45-19-26(38)12-13-42(45)3/h8-11,14-17,21-22,26H,6-7,12-13,18-19,38H2,1-5H3,(H,39,46)/t21-,26-/m1/s1. The topological polar surface area (TPSA) is 124 Å². The molecular weight excluding hydrogens is 611 g/mol. The number of aryl methyl sites for hydroxylation is 2. The van der Waals surface area contributed by atoms with Crippen molar-refractivity contribution in [3.05, 3.63) is 76.7 Å². The van der Waals surface area contributed by atoms with Crippen LogP contribution in [-0.4, -0.2) is 74.2 Å². The Morgan fingerprint density at radius 1 is 1.08 bits per heavy atom. The van der Waals surface area contributed by atoms with Gasteiger partial charge in [-0.25, -0.2) is 19.4 Å². The number of imidazole rings is 1. The zero-order valence-electron chi connectivity index (χ0n) is 28.0. The van der Waals surface area contributed by atoms with Crippen LogP contribution in [0.3, 0.4) is 0 Å². The van der Waals surface area contributed by atoms with E-state index in [1.807, 2.05) is 48.8 Å². The van der Waals surface area contributed by atoms with Crippen molar-refractivity contribution in [1.82, 2.24) is 34.4 Å². The molecule has 1 aliphatic carbocycles. The number of ether oxygens (including phenoxy) is 1. The molecule has 1 saturated carbocycles. The van der Waals surface area contributed by atoms with E-state index in [-0.39, 0.29) is 29.7 Å². The number of hydrazine groups is 1. The fourth-order valence-corrected chi connectivity index (χ4v) is 6.67. The Morgan fingerprint density at radius 3 is 2.60 bits per heavy atom. The number of hydrogen-bond donors (Lipinski definition) is 2. The Morgan fingerprint density at radius 2 is 1.88 bits per heavy atom. The Kier molecular flexibility index (Phi) is 8.16. The van der Waals surface area contributed by atoms with Crippen LogP contribution in [0.2, 0.25) is 0 Å². The highest BCUT2D eigenvalue weighted by Gasteiger charge is 2.30. The molecule has 7 rings (SSSR count). The Hall–Kier alpha value is -4.81. The number of nitrogens with zero attached hydrogens (tertiary/aromatic N) is 6. The molecule has 2 amide bonds. The van der Waals surface area contributed by atoms with Gasteiger partial charge in [0.25, 0.3) is 11.8 Å². The lowest BCUT2D eigenvalue weighted by Crippen LogP contribution is -2.55. The zero-order chi connectivity index (χ0) is 33.9.